The summed E-state index contributed by atoms with van der Waals surface area (Å²) < 4.78 is 0. The SMILES string of the molecule is CC(N)C(C)N(C)CC1CCCCC1. The highest BCUT2D eigenvalue weighted by Gasteiger charge is 2.19. The van der Waals surface area contributed by atoms with Crippen molar-refractivity contribution in [2.45, 2.75) is 58.0 Å². The van der Waals surface area contributed by atoms with E-state index in [1.54, 1.807) is 0 Å². The summed E-state index contributed by atoms with van der Waals surface area (Å²) in [5, 5.41) is 0. The lowest BCUT2D eigenvalue weighted by molar-refractivity contribution is 0.176. The number of rotatable bonds is 4. The number of nitrogens with two attached hydrogens (primary N) is 1. The van der Waals surface area contributed by atoms with Crippen LogP contribution in [0.1, 0.15) is 46.0 Å². The van der Waals surface area contributed by atoms with Gasteiger partial charge in [0.25, 0.3) is 0 Å². The standard InChI is InChI=1S/C12H26N2/c1-10(13)11(2)14(3)9-12-7-5-4-6-8-12/h10-12H,4-9,13H2,1-3H3. The normalized spacial score (nSPS) is 23.8. The molecule has 1 aliphatic carbocycles. The van der Waals surface area contributed by atoms with Gasteiger partial charge in [0, 0.05) is 18.6 Å². The fraction of sp³-hybridized carbons (Fsp3) is 1.00. The highest BCUT2D eigenvalue weighted by atomic mass is 15.1. The molecule has 14 heavy (non-hydrogen) atoms. The van der Waals surface area contributed by atoms with E-state index in [1.807, 2.05) is 0 Å². The first-order valence-corrected chi connectivity index (χ1v) is 6.07. The summed E-state index contributed by atoms with van der Waals surface area (Å²) in [4.78, 5) is 2.43. The first-order chi connectivity index (χ1) is 6.61. The maximum absolute atomic E-state index is 5.90. The van der Waals surface area contributed by atoms with E-state index in [4.69, 9.17) is 5.73 Å². The van der Waals surface area contributed by atoms with Crippen LogP contribution in [0.3, 0.4) is 0 Å². The third-order valence-electron chi connectivity index (χ3n) is 3.73. The molecule has 2 heteroatoms. The number of hydrogen-bond donors (Lipinski definition) is 1. The van der Waals surface area contributed by atoms with Gasteiger partial charge in [-0.05, 0) is 39.7 Å². The Labute approximate surface area is 88.8 Å². The highest BCUT2D eigenvalue weighted by molar-refractivity contribution is 4.76. The summed E-state index contributed by atoms with van der Waals surface area (Å²) in [6.45, 7) is 5.57. The topological polar surface area (TPSA) is 29.3 Å². The van der Waals surface area contributed by atoms with Gasteiger partial charge >= 0.3 is 0 Å². The Kier molecular flexibility index (Phi) is 4.90. The Balaban J connectivity index is 2.27. The molecule has 0 aliphatic heterocycles. The Hall–Kier alpha value is -0.0800. The smallest absolute Gasteiger partial charge is 0.0213 e. The summed E-state index contributed by atoms with van der Waals surface area (Å²) in [6, 6.07) is 0.792. The van der Waals surface area contributed by atoms with Crippen molar-refractivity contribution in [2.24, 2.45) is 11.7 Å². The molecular formula is C12H26N2. The zero-order chi connectivity index (χ0) is 10.6. The van der Waals surface area contributed by atoms with Gasteiger partial charge in [0.2, 0.25) is 0 Å². The zero-order valence-corrected chi connectivity index (χ0v) is 10.00. The molecule has 0 aromatic carbocycles. The molecule has 2 nitrogen and oxygen atoms in total. The van der Waals surface area contributed by atoms with E-state index in [2.05, 4.69) is 25.8 Å². The Morgan fingerprint density at radius 1 is 1.21 bits per heavy atom. The number of nitrogens with zero attached hydrogens (tertiary/aromatic N) is 1. The molecule has 0 aromatic heterocycles. The minimum atomic E-state index is 0.281. The number of hydrogen-bond acceptors (Lipinski definition) is 2. The van der Waals surface area contributed by atoms with Gasteiger partial charge in [-0.3, -0.25) is 0 Å². The maximum Gasteiger partial charge on any atom is 0.0213 e. The predicted molar refractivity (Wildman–Crippen MR) is 62.3 cm³/mol. The molecule has 84 valence electrons. The fourth-order valence-electron chi connectivity index (χ4n) is 2.34. The van der Waals surface area contributed by atoms with Gasteiger partial charge in [-0.15, -0.1) is 0 Å². The molecule has 1 aliphatic rings. The van der Waals surface area contributed by atoms with Gasteiger partial charge in [0.05, 0.1) is 0 Å². The van der Waals surface area contributed by atoms with Crippen LogP contribution in [0.2, 0.25) is 0 Å². The molecular weight excluding hydrogens is 172 g/mol. The molecule has 0 bridgehead atoms. The van der Waals surface area contributed by atoms with Crippen molar-refractivity contribution < 1.29 is 0 Å². The molecule has 0 spiro atoms. The van der Waals surface area contributed by atoms with Gasteiger partial charge in [-0.2, -0.15) is 0 Å². The summed E-state index contributed by atoms with van der Waals surface area (Å²) in [7, 11) is 2.21. The second-order valence-electron chi connectivity index (χ2n) is 5.04. The minimum absolute atomic E-state index is 0.281. The molecule has 0 aromatic rings. The predicted octanol–water partition coefficient (Wildman–Crippen LogP) is 2.23. The van der Waals surface area contributed by atoms with Crippen molar-refractivity contribution in [1.82, 2.24) is 4.90 Å². The van der Waals surface area contributed by atoms with E-state index in [0.29, 0.717) is 6.04 Å². The third kappa shape index (κ3) is 3.58. The fourth-order valence-corrected chi connectivity index (χ4v) is 2.34. The first kappa shape index (κ1) is 12.0. The van der Waals surface area contributed by atoms with E-state index in [9.17, 15) is 0 Å². The second kappa shape index (κ2) is 5.72. The average molecular weight is 198 g/mol. The molecule has 1 saturated carbocycles. The second-order valence-corrected chi connectivity index (χ2v) is 5.04. The third-order valence-corrected chi connectivity index (χ3v) is 3.73. The Morgan fingerprint density at radius 2 is 1.79 bits per heavy atom. The van der Waals surface area contributed by atoms with Crippen molar-refractivity contribution in [3.8, 4) is 0 Å². The van der Waals surface area contributed by atoms with Crippen LogP contribution in [-0.4, -0.2) is 30.6 Å². The molecule has 2 N–H and O–H groups in total. The summed E-state index contributed by atoms with van der Waals surface area (Å²) in [6.07, 6.45) is 7.17. The van der Waals surface area contributed by atoms with E-state index in [0.717, 1.165) is 5.92 Å². The molecule has 0 radical (unpaired) electrons. The Bertz CT molecular complexity index is 150. The molecule has 0 saturated heterocycles. The van der Waals surface area contributed by atoms with Crippen molar-refractivity contribution in [3.63, 3.8) is 0 Å². The summed E-state index contributed by atoms with van der Waals surface area (Å²) in [5.74, 6) is 0.926. The lowest BCUT2D eigenvalue weighted by Gasteiger charge is -2.32. The van der Waals surface area contributed by atoms with Crippen LogP contribution < -0.4 is 5.73 Å². The van der Waals surface area contributed by atoms with Crippen LogP contribution in [0.15, 0.2) is 0 Å². The monoisotopic (exact) mass is 198 g/mol. The van der Waals surface area contributed by atoms with Gasteiger partial charge in [-0.25, -0.2) is 0 Å². The van der Waals surface area contributed by atoms with E-state index in [-0.39, 0.29) is 6.04 Å². The molecule has 0 amide bonds. The lowest BCUT2D eigenvalue weighted by Crippen LogP contribution is -2.44. The average Bonchev–Trinajstić information content (AvgIpc) is 2.18. The van der Waals surface area contributed by atoms with Crippen LogP contribution in [-0.2, 0) is 0 Å². The van der Waals surface area contributed by atoms with Crippen molar-refractivity contribution in [2.75, 3.05) is 13.6 Å². The van der Waals surface area contributed by atoms with Crippen LogP contribution in [0.5, 0.6) is 0 Å². The number of likely N-dealkylation sites (N-methyl/N-ethyl adjacent to an activating group) is 1. The maximum atomic E-state index is 5.90. The largest absolute Gasteiger partial charge is 0.327 e. The van der Waals surface area contributed by atoms with Gasteiger partial charge in [0.15, 0.2) is 0 Å². The highest BCUT2D eigenvalue weighted by Crippen LogP contribution is 2.24. The lowest BCUT2D eigenvalue weighted by atomic mass is 9.88. The molecule has 2 atom stereocenters. The van der Waals surface area contributed by atoms with E-state index >= 15 is 0 Å². The van der Waals surface area contributed by atoms with E-state index in [1.165, 1.54) is 38.6 Å². The molecule has 2 unspecified atom stereocenters. The minimum Gasteiger partial charge on any atom is -0.327 e. The van der Waals surface area contributed by atoms with E-state index < -0.39 is 0 Å². The van der Waals surface area contributed by atoms with Gasteiger partial charge in [-0.1, -0.05) is 19.3 Å². The van der Waals surface area contributed by atoms with Gasteiger partial charge in [0.1, 0.15) is 0 Å². The van der Waals surface area contributed by atoms with Crippen molar-refractivity contribution in [1.29, 1.82) is 0 Å². The first-order valence-electron chi connectivity index (χ1n) is 6.07. The van der Waals surface area contributed by atoms with Crippen LogP contribution >= 0.6 is 0 Å². The molecule has 1 fully saturated rings. The van der Waals surface area contributed by atoms with Crippen LogP contribution in [0.25, 0.3) is 0 Å². The molecule has 1 rings (SSSR count). The quantitative estimate of drug-likeness (QED) is 0.750. The molecule has 0 heterocycles. The van der Waals surface area contributed by atoms with Crippen LogP contribution in [0.4, 0.5) is 0 Å². The van der Waals surface area contributed by atoms with Gasteiger partial charge < -0.3 is 10.6 Å². The Morgan fingerprint density at radius 3 is 2.29 bits per heavy atom. The summed E-state index contributed by atoms with van der Waals surface area (Å²) in [5.41, 5.74) is 5.90. The summed E-state index contributed by atoms with van der Waals surface area (Å²) >= 11 is 0. The van der Waals surface area contributed by atoms with Crippen molar-refractivity contribution >= 4 is 0 Å². The zero-order valence-electron chi connectivity index (χ0n) is 10.00. The van der Waals surface area contributed by atoms with Crippen LogP contribution in [0, 0.1) is 5.92 Å². The van der Waals surface area contributed by atoms with Crippen molar-refractivity contribution in [3.05, 3.63) is 0 Å².